The highest BCUT2D eigenvalue weighted by atomic mass is 32.2. The first kappa shape index (κ1) is 10.8. The number of hydrogen-bond acceptors (Lipinski definition) is 2. The Hall–Kier alpha value is 0.310. The maximum atomic E-state index is 3.85. The van der Waals surface area contributed by atoms with Crippen LogP contribution in [0.4, 0.5) is 0 Å². The highest BCUT2D eigenvalue weighted by Crippen LogP contribution is 2.48. The van der Waals surface area contributed by atoms with E-state index in [0.717, 1.165) is 6.04 Å². The van der Waals surface area contributed by atoms with Gasteiger partial charge in [0.15, 0.2) is 0 Å². The third-order valence-corrected chi connectivity index (χ3v) is 5.10. The fraction of sp³-hybridized carbons (Fsp3) is 1.00. The fourth-order valence-corrected chi connectivity index (χ4v) is 4.97. The molecule has 2 fully saturated rings. The second kappa shape index (κ2) is 3.71. The molecule has 1 nitrogen and oxygen atoms in total. The molecule has 1 aliphatic heterocycles. The van der Waals surface area contributed by atoms with E-state index >= 15 is 0 Å². The number of nitrogens with one attached hydrogen (secondary N) is 1. The lowest BCUT2D eigenvalue weighted by molar-refractivity contribution is 0.166. The standard InChI is InChI=1S/C12H23NS/c1-10-5-8-14-12(13-10)7-4-6-11(2,3)9-12/h10,13H,4-9H2,1-3H3. The molecule has 1 aliphatic carbocycles. The van der Waals surface area contributed by atoms with Crippen LogP contribution in [0.1, 0.15) is 52.9 Å². The summed E-state index contributed by atoms with van der Waals surface area (Å²) < 4.78 is 0. The molecule has 2 unspecified atom stereocenters. The van der Waals surface area contributed by atoms with Gasteiger partial charge < -0.3 is 5.32 Å². The van der Waals surface area contributed by atoms with Crippen molar-refractivity contribution in [1.29, 1.82) is 0 Å². The summed E-state index contributed by atoms with van der Waals surface area (Å²) in [5.41, 5.74) is 0.551. The minimum absolute atomic E-state index is 0.430. The van der Waals surface area contributed by atoms with Crippen LogP contribution in [-0.2, 0) is 0 Å². The van der Waals surface area contributed by atoms with Crippen molar-refractivity contribution >= 4 is 11.8 Å². The van der Waals surface area contributed by atoms with Gasteiger partial charge in [-0.05, 0) is 43.8 Å². The van der Waals surface area contributed by atoms with E-state index in [1.807, 2.05) is 0 Å². The number of hydrogen-bond donors (Lipinski definition) is 1. The minimum Gasteiger partial charge on any atom is -0.300 e. The molecule has 2 rings (SSSR count). The van der Waals surface area contributed by atoms with Gasteiger partial charge in [0.25, 0.3) is 0 Å². The molecule has 0 aromatic rings. The first-order valence-corrected chi connectivity index (χ1v) is 6.92. The third kappa shape index (κ3) is 2.27. The maximum absolute atomic E-state index is 3.85. The van der Waals surface area contributed by atoms with Crippen molar-refractivity contribution < 1.29 is 0 Å². The van der Waals surface area contributed by atoms with Crippen LogP contribution in [0.2, 0.25) is 0 Å². The highest BCUT2D eigenvalue weighted by Gasteiger charge is 2.42. The Labute approximate surface area is 92.4 Å². The van der Waals surface area contributed by atoms with E-state index in [1.54, 1.807) is 0 Å². The first-order valence-electron chi connectivity index (χ1n) is 5.93. The molecule has 1 heterocycles. The van der Waals surface area contributed by atoms with Crippen LogP contribution in [0.25, 0.3) is 0 Å². The molecule has 0 amide bonds. The van der Waals surface area contributed by atoms with Gasteiger partial charge >= 0.3 is 0 Å². The summed E-state index contributed by atoms with van der Waals surface area (Å²) in [5, 5.41) is 3.85. The van der Waals surface area contributed by atoms with Crippen LogP contribution in [0, 0.1) is 5.41 Å². The lowest BCUT2D eigenvalue weighted by Gasteiger charge is -2.49. The molecule has 1 saturated heterocycles. The highest BCUT2D eigenvalue weighted by molar-refractivity contribution is 8.00. The lowest BCUT2D eigenvalue weighted by Crippen LogP contribution is -2.54. The first-order chi connectivity index (χ1) is 6.52. The summed E-state index contributed by atoms with van der Waals surface area (Å²) in [7, 11) is 0. The van der Waals surface area contributed by atoms with E-state index in [-0.39, 0.29) is 0 Å². The van der Waals surface area contributed by atoms with E-state index in [9.17, 15) is 0 Å². The molecule has 0 bridgehead atoms. The Morgan fingerprint density at radius 3 is 2.71 bits per heavy atom. The largest absolute Gasteiger partial charge is 0.300 e. The lowest BCUT2D eigenvalue weighted by atomic mass is 9.74. The molecule has 0 aromatic carbocycles. The Morgan fingerprint density at radius 1 is 1.29 bits per heavy atom. The Balaban J connectivity index is 2.06. The second-order valence-corrected chi connectivity index (χ2v) is 7.35. The zero-order valence-corrected chi connectivity index (χ0v) is 10.5. The topological polar surface area (TPSA) is 12.0 Å². The average molecular weight is 213 g/mol. The monoisotopic (exact) mass is 213 g/mol. The van der Waals surface area contributed by atoms with Crippen molar-refractivity contribution in [2.75, 3.05) is 5.75 Å². The molecule has 0 aromatic heterocycles. The van der Waals surface area contributed by atoms with Crippen molar-refractivity contribution in [3.05, 3.63) is 0 Å². The Kier molecular flexibility index (Phi) is 2.87. The van der Waals surface area contributed by atoms with Crippen molar-refractivity contribution in [2.45, 2.75) is 63.8 Å². The average Bonchev–Trinajstić information content (AvgIpc) is 2.00. The predicted molar refractivity (Wildman–Crippen MR) is 64.7 cm³/mol. The molecular weight excluding hydrogens is 190 g/mol. The van der Waals surface area contributed by atoms with Crippen molar-refractivity contribution in [3.63, 3.8) is 0 Å². The van der Waals surface area contributed by atoms with Crippen LogP contribution in [0.15, 0.2) is 0 Å². The van der Waals surface area contributed by atoms with Gasteiger partial charge in [0, 0.05) is 6.04 Å². The van der Waals surface area contributed by atoms with E-state index in [1.165, 1.54) is 37.9 Å². The van der Waals surface area contributed by atoms with Gasteiger partial charge in [0.05, 0.1) is 4.87 Å². The maximum Gasteiger partial charge on any atom is 0.0652 e. The summed E-state index contributed by atoms with van der Waals surface area (Å²) in [5.74, 6) is 1.35. The molecule has 1 saturated carbocycles. The van der Waals surface area contributed by atoms with Gasteiger partial charge in [0.2, 0.25) is 0 Å². The quantitative estimate of drug-likeness (QED) is 0.662. The smallest absolute Gasteiger partial charge is 0.0652 e. The molecule has 2 atom stereocenters. The summed E-state index contributed by atoms with van der Waals surface area (Å²) in [6.07, 6.45) is 6.89. The molecule has 1 spiro atoms. The normalized spacial score (nSPS) is 42.6. The van der Waals surface area contributed by atoms with Gasteiger partial charge in [0.1, 0.15) is 0 Å². The Bertz CT molecular complexity index is 210. The van der Waals surface area contributed by atoms with Crippen molar-refractivity contribution in [2.24, 2.45) is 5.41 Å². The zero-order chi connectivity index (χ0) is 10.2. The van der Waals surface area contributed by atoms with Gasteiger partial charge in [-0.1, -0.05) is 20.3 Å². The second-order valence-electron chi connectivity index (χ2n) is 5.87. The van der Waals surface area contributed by atoms with Gasteiger partial charge in [-0.25, -0.2) is 0 Å². The summed E-state index contributed by atoms with van der Waals surface area (Å²) in [4.78, 5) is 0.430. The van der Waals surface area contributed by atoms with E-state index < -0.39 is 0 Å². The van der Waals surface area contributed by atoms with Gasteiger partial charge in [-0.2, -0.15) is 0 Å². The number of thioether (sulfide) groups is 1. The molecule has 0 radical (unpaired) electrons. The fourth-order valence-electron chi connectivity index (χ4n) is 3.04. The summed E-state index contributed by atoms with van der Waals surface area (Å²) in [6, 6.07) is 0.727. The molecule has 2 aliphatic rings. The van der Waals surface area contributed by atoms with Crippen LogP contribution in [0.3, 0.4) is 0 Å². The summed E-state index contributed by atoms with van der Waals surface area (Å²) in [6.45, 7) is 7.19. The Morgan fingerprint density at radius 2 is 2.07 bits per heavy atom. The van der Waals surface area contributed by atoms with Crippen molar-refractivity contribution in [1.82, 2.24) is 5.32 Å². The molecule has 82 valence electrons. The molecule has 14 heavy (non-hydrogen) atoms. The van der Waals surface area contributed by atoms with Crippen molar-refractivity contribution in [3.8, 4) is 0 Å². The predicted octanol–water partition coefficient (Wildman–Crippen LogP) is 3.40. The van der Waals surface area contributed by atoms with E-state index in [4.69, 9.17) is 0 Å². The van der Waals surface area contributed by atoms with Crippen LogP contribution >= 0.6 is 11.8 Å². The van der Waals surface area contributed by atoms with E-state index in [2.05, 4.69) is 37.8 Å². The summed E-state index contributed by atoms with van der Waals surface area (Å²) >= 11 is 2.18. The van der Waals surface area contributed by atoms with Gasteiger partial charge in [-0.15, -0.1) is 11.8 Å². The van der Waals surface area contributed by atoms with Crippen LogP contribution < -0.4 is 5.32 Å². The van der Waals surface area contributed by atoms with E-state index in [0.29, 0.717) is 10.3 Å². The third-order valence-electron chi connectivity index (χ3n) is 3.64. The van der Waals surface area contributed by atoms with Crippen LogP contribution in [-0.4, -0.2) is 16.7 Å². The minimum atomic E-state index is 0.430. The molecule has 2 heteroatoms. The molecule has 1 N–H and O–H groups in total. The number of rotatable bonds is 0. The zero-order valence-electron chi connectivity index (χ0n) is 9.73. The van der Waals surface area contributed by atoms with Gasteiger partial charge in [-0.3, -0.25) is 0 Å². The van der Waals surface area contributed by atoms with Crippen LogP contribution in [0.5, 0.6) is 0 Å². The molecular formula is C12H23NS. The SMILES string of the molecule is CC1CCSC2(CCCC(C)(C)C2)N1.